The number of hydrogen-bond donors (Lipinski definition) is 3. The maximum atomic E-state index is 11.6. The Bertz CT molecular complexity index is 546. The lowest BCUT2D eigenvalue weighted by Crippen LogP contribution is -2.38. The first-order valence-corrected chi connectivity index (χ1v) is 8.09. The van der Waals surface area contributed by atoms with Crippen molar-refractivity contribution in [3.8, 4) is 5.75 Å². The summed E-state index contributed by atoms with van der Waals surface area (Å²) < 4.78 is 5.47. The van der Waals surface area contributed by atoms with Gasteiger partial charge in [-0.15, -0.1) is 0 Å². The van der Waals surface area contributed by atoms with Gasteiger partial charge in [-0.3, -0.25) is 0 Å². The van der Waals surface area contributed by atoms with Gasteiger partial charge in [-0.25, -0.2) is 4.79 Å². The highest BCUT2D eigenvalue weighted by Gasteiger charge is 2.08. The highest BCUT2D eigenvalue weighted by Crippen LogP contribution is 2.18. The molecule has 0 unspecified atom stereocenters. The van der Waals surface area contributed by atoms with Gasteiger partial charge in [0.2, 0.25) is 0 Å². The van der Waals surface area contributed by atoms with Gasteiger partial charge in [-0.1, -0.05) is 18.2 Å². The Morgan fingerprint density at radius 1 is 1.18 bits per heavy atom. The Labute approximate surface area is 133 Å². The largest absolute Gasteiger partial charge is 0.492 e. The number of carbonyl (C=O) groups is 1. The predicted molar refractivity (Wildman–Crippen MR) is 87.2 cm³/mol. The average Bonchev–Trinajstić information content (AvgIpc) is 3.07. The molecular formula is C16H20N2O3S. The molecule has 118 valence electrons. The number of hydrogen-bond acceptors (Lipinski definition) is 4. The summed E-state index contributed by atoms with van der Waals surface area (Å²) in [7, 11) is 0. The summed E-state index contributed by atoms with van der Waals surface area (Å²) in [4.78, 5) is 11.6. The number of rotatable bonds is 8. The van der Waals surface area contributed by atoms with Crippen molar-refractivity contribution in [1.29, 1.82) is 0 Å². The third kappa shape index (κ3) is 5.75. The van der Waals surface area contributed by atoms with Crippen molar-refractivity contribution in [2.45, 2.75) is 12.5 Å². The summed E-state index contributed by atoms with van der Waals surface area (Å²) >= 11 is 1.55. The third-order valence-corrected chi connectivity index (χ3v) is 3.73. The maximum Gasteiger partial charge on any atom is 0.314 e. The van der Waals surface area contributed by atoms with Crippen LogP contribution in [0.1, 0.15) is 18.1 Å². The zero-order valence-electron chi connectivity index (χ0n) is 12.2. The molecule has 2 amide bonds. The molecule has 22 heavy (non-hydrogen) atoms. The Kier molecular flexibility index (Phi) is 6.73. The number of amides is 2. The highest BCUT2D eigenvalue weighted by atomic mass is 32.1. The van der Waals surface area contributed by atoms with Gasteiger partial charge in [0.25, 0.3) is 0 Å². The number of urea groups is 1. The topological polar surface area (TPSA) is 70.6 Å². The molecule has 1 aromatic carbocycles. The molecule has 0 bridgehead atoms. The van der Waals surface area contributed by atoms with Crippen molar-refractivity contribution in [2.75, 3.05) is 19.7 Å². The summed E-state index contributed by atoms with van der Waals surface area (Å²) in [6.07, 6.45) is -0.0435. The van der Waals surface area contributed by atoms with Crippen LogP contribution in [0, 0.1) is 0 Å². The van der Waals surface area contributed by atoms with E-state index in [9.17, 15) is 9.90 Å². The maximum absolute atomic E-state index is 11.6. The van der Waals surface area contributed by atoms with Crippen molar-refractivity contribution < 1.29 is 14.6 Å². The number of para-hydroxylation sites is 1. The van der Waals surface area contributed by atoms with Gasteiger partial charge in [0.05, 0.1) is 12.6 Å². The molecule has 6 heteroatoms. The van der Waals surface area contributed by atoms with Gasteiger partial charge in [0.1, 0.15) is 12.4 Å². The summed E-state index contributed by atoms with van der Waals surface area (Å²) in [6.45, 7) is 1.26. The third-order valence-electron chi connectivity index (χ3n) is 3.03. The molecule has 5 nitrogen and oxygen atoms in total. The first-order chi connectivity index (χ1) is 10.8. The summed E-state index contributed by atoms with van der Waals surface area (Å²) in [5, 5.41) is 19.1. The van der Waals surface area contributed by atoms with E-state index < -0.39 is 6.10 Å². The Morgan fingerprint density at radius 3 is 2.68 bits per heavy atom. The van der Waals surface area contributed by atoms with Crippen molar-refractivity contribution in [2.24, 2.45) is 0 Å². The molecule has 0 saturated heterocycles. The fourth-order valence-corrected chi connectivity index (χ4v) is 2.57. The van der Waals surface area contributed by atoms with Crippen molar-refractivity contribution in [3.63, 3.8) is 0 Å². The number of carbonyl (C=O) groups excluding carboxylic acids is 1. The van der Waals surface area contributed by atoms with E-state index >= 15 is 0 Å². The average molecular weight is 320 g/mol. The van der Waals surface area contributed by atoms with Gasteiger partial charge >= 0.3 is 6.03 Å². The van der Waals surface area contributed by atoms with Gasteiger partial charge < -0.3 is 20.5 Å². The molecule has 0 fully saturated rings. The number of nitrogens with one attached hydrogen (secondary N) is 2. The number of benzene rings is 1. The lowest BCUT2D eigenvalue weighted by Gasteiger charge is -2.11. The molecule has 3 N–H and O–H groups in total. The van der Waals surface area contributed by atoms with Gasteiger partial charge in [-0.05, 0) is 40.9 Å². The lowest BCUT2D eigenvalue weighted by atomic mass is 10.1. The molecule has 0 aliphatic carbocycles. The van der Waals surface area contributed by atoms with E-state index in [1.165, 1.54) is 0 Å². The smallest absolute Gasteiger partial charge is 0.314 e. The number of thiophene rings is 1. The zero-order chi connectivity index (χ0) is 15.6. The second kappa shape index (κ2) is 9.07. The van der Waals surface area contributed by atoms with Crippen molar-refractivity contribution >= 4 is 17.4 Å². The fraction of sp³-hybridized carbons (Fsp3) is 0.312. The van der Waals surface area contributed by atoms with E-state index in [1.807, 2.05) is 47.2 Å². The van der Waals surface area contributed by atoms with Crippen LogP contribution in [-0.4, -0.2) is 30.8 Å². The van der Waals surface area contributed by atoms with Crippen LogP contribution in [0.2, 0.25) is 0 Å². The van der Waals surface area contributed by atoms with Crippen LogP contribution in [0.15, 0.2) is 47.2 Å². The van der Waals surface area contributed by atoms with E-state index in [0.29, 0.717) is 26.1 Å². The monoisotopic (exact) mass is 320 g/mol. The molecule has 0 aliphatic rings. The highest BCUT2D eigenvalue weighted by molar-refractivity contribution is 7.07. The van der Waals surface area contributed by atoms with E-state index in [2.05, 4.69) is 10.6 Å². The van der Waals surface area contributed by atoms with Crippen LogP contribution in [0.5, 0.6) is 5.75 Å². The molecule has 1 heterocycles. The first-order valence-electron chi connectivity index (χ1n) is 7.15. The molecule has 2 rings (SSSR count). The van der Waals surface area contributed by atoms with Crippen molar-refractivity contribution in [3.05, 3.63) is 52.7 Å². The Morgan fingerprint density at radius 2 is 1.95 bits per heavy atom. The standard InChI is InChI=1S/C16H20N2O3S/c19-15(13-7-11-22-12-13)6-8-17-16(20)18-9-10-21-14-4-2-1-3-5-14/h1-5,7,11-12,15,19H,6,8-10H2,(H2,17,18,20)/t15-/m1/s1. The zero-order valence-corrected chi connectivity index (χ0v) is 13.0. The quantitative estimate of drug-likeness (QED) is 0.655. The minimum Gasteiger partial charge on any atom is -0.492 e. The van der Waals surface area contributed by atoms with Crippen LogP contribution in [0.25, 0.3) is 0 Å². The normalized spacial score (nSPS) is 11.7. The SMILES string of the molecule is O=C(NCCOc1ccccc1)NCC[C@@H](O)c1ccsc1. The van der Waals surface area contributed by atoms with Gasteiger partial charge in [-0.2, -0.15) is 11.3 Å². The molecule has 1 aromatic heterocycles. The van der Waals surface area contributed by atoms with E-state index in [-0.39, 0.29) is 6.03 Å². The molecule has 0 radical (unpaired) electrons. The first kappa shape index (κ1) is 16.3. The van der Waals surface area contributed by atoms with Crippen LogP contribution in [-0.2, 0) is 0 Å². The number of aliphatic hydroxyl groups excluding tert-OH is 1. The Balaban J connectivity index is 1.53. The van der Waals surface area contributed by atoms with Crippen LogP contribution in [0.4, 0.5) is 4.79 Å². The molecular weight excluding hydrogens is 300 g/mol. The van der Waals surface area contributed by atoms with Crippen molar-refractivity contribution in [1.82, 2.24) is 10.6 Å². The minimum atomic E-state index is -0.534. The number of aliphatic hydroxyl groups is 1. The Hall–Kier alpha value is -2.05. The van der Waals surface area contributed by atoms with E-state index in [4.69, 9.17) is 4.74 Å². The van der Waals surface area contributed by atoms with Gasteiger partial charge in [0, 0.05) is 6.54 Å². The number of ether oxygens (including phenoxy) is 1. The second-order valence-corrected chi connectivity index (χ2v) is 5.49. The van der Waals surface area contributed by atoms with E-state index in [1.54, 1.807) is 11.3 Å². The fourth-order valence-electron chi connectivity index (χ4n) is 1.87. The summed E-state index contributed by atoms with van der Waals surface area (Å²) in [6, 6.07) is 11.1. The van der Waals surface area contributed by atoms with Crippen LogP contribution < -0.4 is 15.4 Å². The molecule has 1 atom stereocenters. The summed E-state index contributed by atoms with van der Waals surface area (Å²) in [5.41, 5.74) is 0.892. The second-order valence-electron chi connectivity index (χ2n) is 4.71. The predicted octanol–water partition coefficient (Wildman–Crippen LogP) is 2.55. The van der Waals surface area contributed by atoms with Crippen LogP contribution >= 0.6 is 11.3 Å². The molecule has 0 saturated carbocycles. The van der Waals surface area contributed by atoms with E-state index in [0.717, 1.165) is 11.3 Å². The molecule has 0 spiro atoms. The molecule has 0 aliphatic heterocycles. The minimum absolute atomic E-state index is 0.255. The molecule has 2 aromatic rings. The van der Waals surface area contributed by atoms with Crippen LogP contribution in [0.3, 0.4) is 0 Å². The lowest BCUT2D eigenvalue weighted by molar-refractivity contribution is 0.167. The van der Waals surface area contributed by atoms with Gasteiger partial charge in [0.15, 0.2) is 0 Å². The summed E-state index contributed by atoms with van der Waals surface area (Å²) in [5.74, 6) is 0.781.